The lowest BCUT2D eigenvalue weighted by Gasteiger charge is -2.40. The van der Waals surface area contributed by atoms with E-state index in [9.17, 15) is 4.79 Å². The first-order valence-corrected chi connectivity index (χ1v) is 9.90. The maximum absolute atomic E-state index is 11.9. The Balaban J connectivity index is 1.66. The predicted octanol–water partition coefficient (Wildman–Crippen LogP) is 5.15. The standard InChI is InChI=1S/C22H23Cl2N3O2/c1-14-11-22(2,3)27(4)20-10-19(24)15(9-18(14)20)12-25-26-21(28)13-29-17-7-5-16(23)6-8-17/h5-12H,13H2,1-4H3,(H,26,28)/b25-12+. The number of hydrogen-bond acceptors (Lipinski definition) is 4. The maximum Gasteiger partial charge on any atom is 0.277 e. The second kappa shape index (κ2) is 8.47. The van der Waals surface area contributed by atoms with Crippen LogP contribution in [0.5, 0.6) is 5.75 Å². The minimum absolute atomic E-state index is 0.0892. The number of likely N-dealkylation sites (N-methyl/N-ethyl adjacent to an activating group) is 1. The molecule has 1 N–H and O–H groups in total. The molecule has 29 heavy (non-hydrogen) atoms. The first-order valence-electron chi connectivity index (χ1n) is 9.15. The highest BCUT2D eigenvalue weighted by Crippen LogP contribution is 2.40. The molecule has 0 radical (unpaired) electrons. The fourth-order valence-corrected chi connectivity index (χ4v) is 3.51. The highest BCUT2D eigenvalue weighted by atomic mass is 35.5. The molecule has 0 atom stereocenters. The molecule has 0 spiro atoms. The van der Waals surface area contributed by atoms with Gasteiger partial charge in [-0.05, 0) is 62.7 Å². The van der Waals surface area contributed by atoms with Crippen molar-refractivity contribution in [3.05, 3.63) is 63.6 Å². The van der Waals surface area contributed by atoms with Crippen molar-refractivity contribution >= 4 is 46.6 Å². The molecule has 1 aliphatic rings. The van der Waals surface area contributed by atoms with Crippen LogP contribution in [0.1, 0.15) is 31.9 Å². The van der Waals surface area contributed by atoms with Gasteiger partial charge in [0.1, 0.15) is 5.75 Å². The number of ether oxygens (including phenoxy) is 1. The molecule has 3 rings (SSSR count). The highest BCUT2D eigenvalue weighted by Gasteiger charge is 2.29. The smallest absolute Gasteiger partial charge is 0.277 e. The summed E-state index contributed by atoms with van der Waals surface area (Å²) in [6, 6.07) is 10.7. The summed E-state index contributed by atoms with van der Waals surface area (Å²) in [7, 11) is 2.05. The first kappa shape index (κ1) is 21.2. The summed E-state index contributed by atoms with van der Waals surface area (Å²) in [6.45, 7) is 6.24. The maximum atomic E-state index is 11.9. The third-order valence-corrected chi connectivity index (χ3v) is 5.49. The number of carbonyl (C=O) groups is 1. The first-order chi connectivity index (χ1) is 13.7. The fraction of sp³-hybridized carbons (Fsp3) is 0.273. The summed E-state index contributed by atoms with van der Waals surface area (Å²) in [4.78, 5) is 14.1. The Kier molecular flexibility index (Phi) is 6.20. The number of carbonyl (C=O) groups excluding carboxylic acids is 1. The van der Waals surface area contributed by atoms with E-state index in [1.807, 2.05) is 19.2 Å². The molecular weight excluding hydrogens is 409 g/mol. The molecule has 0 aliphatic carbocycles. The van der Waals surface area contributed by atoms with Crippen LogP contribution in [0.25, 0.3) is 5.57 Å². The number of hydrogen-bond donors (Lipinski definition) is 1. The van der Waals surface area contributed by atoms with E-state index >= 15 is 0 Å². The van der Waals surface area contributed by atoms with E-state index in [1.54, 1.807) is 24.3 Å². The Morgan fingerprint density at radius 3 is 2.62 bits per heavy atom. The summed E-state index contributed by atoms with van der Waals surface area (Å²) < 4.78 is 5.39. The van der Waals surface area contributed by atoms with Crippen molar-refractivity contribution in [3.8, 4) is 5.75 Å². The van der Waals surface area contributed by atoms with Gasteiger partial charge in [0.2, 0.25) is 0 Å². The zero-order valence-corrected chi connectivity index (χ0v) is 18.3. The van der Waals surface area contributed by atoms with E-state index in [-0.39, 0.29) is 18.1 Å². The second-order valence-corrected chi connectivity index (χ2v) is 8.31. The minimum atomic E-state index is -0.372. The van der Waals surface area contributed by atoms with Crippen molar-refractivity contribution in [3.63, 3.8) is 0 Å². The molecule has 0 bridgehead atoms. The lowest BCUT2D eigenvalue weighted by molar-refractivity contribution is -0.123. The summed E-state index contributed by atoms with van der Waals surface area (Å²) in [5, 5.41) is 5.18. The fourth-order valence-electron chi connectivity index (χ4n) is 3.17. The number of halogens is 2. The van der Waals surface area contributed by atoms with Crippen LogP contribution in [0.4, 0.5) is 5.69 Å². The van der Waals surface area contributed by atoms with Gasteiger partial charge in [-0.3, -0.25) is 4.79 Å². The average Bonchev–Trinajstić information content (AvgIpc) is 2.66. The molecule has 0 unspecified atom stereocenters. The summed E-state index contributed by atoms with van der Waals surface area (Å²) in [5.74, 6) is 0.184. The van der Waals surface area contributed by atoms with Crippen molar-refractivity contribution in [1.82, 2.24) is 5.43 Å². The molecule has 7 heteroatoms. The third-order valence-electron chi connectivity index (χ3n) is 4.91. The van der Waals surface area contributed by atoms with Crippen molar-refractivity contribution in [2.24, 2.45) is 5.10 Å². The van der Waals surface area contributed by atoms with E-state index in [1.165, 1.54) is 11.8 Å². The molecule has 0 saturated heterocycles. The van der Waals surface area contributed by atoms with Crippen molar-refractivity contribution in [2.75, 3.05) is 18.6 Å². The van der Waals surface area contributed by atoms with Gasteiger partial charge in [-0.2, -0.15) is 5.10 Å². The average molecular weight is 432 g/mol. The van der Waals surface area contributed by atoms with Crippen LogP contribution in [0.3, 0.4) is 0 Å². The Hall–Kier alpha value is -2.50. The normalized spacial score (nSPS) is 15.1. The summed E-state index contributed by atoms with van der Waals surface area (Å²) in [6.07, 6.45) is 3.76. The molecule has 0 aromatic heterocycles. The molecule has 152 valence electrons. The van der Waals surface area contributed by atoms with E-state index in [0.29, 0.717) is 15.8 Å². The van der Waals surface area contributed by atoms with E-state index in [4.69, 9.17) is 27.9 Å². The molecule has 0 fully saturated rings. The highest BCUT2D eigenvalue weighted by molar-refractivity contribution is 6.33. The number of amides is 1. The zero-order chi connectivity index (χ0) is 21.2. The minimum Gasteiger partial charge on any atom is -0.484 e. The summed E-state index contributed by atoms with van der Waals surface area (Å²) in [5.41, 5.74) is 6.42. The van der Waals surface area contributed by atoms with Gasteiger partial charge in [0, 0.05) is 28.9 Å². The molecule has 5 nitrogen and oxygen atoms in total. The van der Waals surface area contributed by atoms with Crippen LogP contribution >= 0.6 is 23.2 Å². The lowest BCUT2D eigenvalue weighted by Crippen LogP contribution is -2.42. The Morgan fingerprint density at radius 1 is 1.24 bits per heavy atom. The lowest BCUT2D eigenvalue weighted by atomic mass is 9.88. The van der Waals surface area contributed by atoms with Gasteiger partial charge in [0.15, 0.2) is 6.61 Å². The topological polar surface area (TPSA) is 53.9 Å². The van der Waals surface area contributed by atoms with Crippen LogP contribution in [0.15, 0.2) is 47.6 Å². The number of nitrogens with one attached hydrogen (secondary N) is 1. The van der Waals surface area contributed by atoms with Gasteiger partial charge in [0.05, 0.1) is 16.8 Å². The number of anilines is 1. The van der Waals surface area contributed by atoms with Gasteiger partial charge in [-0.1, -0.05) is 29.3 Å². The van der Waals surface area contributed by atoms with E-state index < -0.39 is 0 Å². The van der Waals surface area contributed by atoms with Crippen molar-refractivity contribution in [1.29, 1.82) is 0 Å². The Bertz CT molecular complexity index is 982. The predicted molar refractivity (Wildman–Crippen MR) is 120 cm³/mol. The van der Waals surface area contributed by atoms with Crippen LogP contribution in [-0.4, -0.2) is 31.3 Å². The van der Waals surface area contributed by atoms with Gasteiger partial charge in [-0.15, -0.1) is 0 Å². The Morgan fingerprint density at radius 2 is 1.93 bits per heavy atom. The number of hydrazone groups is 1. The van der Waals surface area contributed by atoms with Gasteiger partial charge < -0.3 is 9.64 Å². The number of rotatable bonds is 5. The third kappa shape index (κ3) is 4.92. The van der Waals surface area contributed by atoms with Crippen molar-refractivity contribution < 1.29 is 9.53 Å². The zero-order valence-electron chi connectivity index (χ0n) is 16.8. The second-order valence-electron chi connectivity index (χ2n) is 7.47. The van der Waals surface area contributed by atoms with Crippen LogP contribution in [0, 0.1) is 0 Å². The number of fused-ring (bicyclic) bond motifs is 1. The molecule has 1 heterocycles. The quantitative estimate of drug-likeness (QED) is 0.525. The van der Waals surface area contributed by atoms with Gasteiger partial charge >= 0.3 is 0 Å². The molecule has 2 aromatic carbocycles. The molecular formula is C22H23Cl2N3O2. The van der Waals surface area contributed by atoms with E-state index in [0.717, 1.165) is 16.8 Å². The van der Waals surface area contributed by atoms with Crippen LogP contribution < -0.4 is 15.1 Å². The van der Waals surface area contributed by atoms with Gasteiger partial charge in [-0.25, -0.2) is 5.43 Å². The Labute approximate surface area is 180 Å². The molecule has 0 saturated carbocycles. The largest absolute Gasteiger partial charge is 0.484 e. The SMILES string of the molecule is CC1=CC(C)(C)N(C)c2cc(Cl)c(/C=N/NC(=O)COc3ccc(Cl)cc3)cc21. The molecule has 1 aliphatic heterocycles. The van der Waals surface area contributed by atoms with E-state index in [2.05, 4.69) is 42.3 Å². The number of allylic oxidation sites excluding steroid dienone is 1. The molecule has 1 amide bonds. The monoisotopic (exact) mass is 431 g/mol. The number of nitrogens with zero attached hydrogens (tertiary/aromatic N) is 2. The van der Waals surface area contributed by atoms with Crippen molar-refractivity contribution in [2.45, 2.75) is 26.3 Å². The van der Waals surface area contributed by atoms with Crippen LogP contribution in [-0.2, 0) is 4.79 Å². The number of benzene rings is 2. The summed E-state index contributed by atoms with van der Waals surface area (Å²) >= 11 is 12.3. The van der Waals surface area contributed by atoms with Crippen LogP contribution in [0.2, 0.25) is 10.0 Å². The van der Waals surface area contributed by atoms with Gasteiger partial charge in [0.25, 0.3) is 5.91 Å². The molecule has 2 aromatic rings.